The van der Waals surface area contributed by atoms with Crippen molar-refractivity contribution in [3.8, 4) is 0 Å². The van der Waals surface area contributed by atoms with Gasteiger partial charge in [-0.05, 0) is 42.3 Å². The van der Waals surface area contributed by atoms with Crippen LogP contribution in [-0.2, 0) is 16.3 Å². The molecule has 0 amide bonds. The minimum Gasteiger partial charge on any atom is -0.280 e. The lowest BCUT2D eigenvalue weighted by Crippen LogP contribution is -2.01. The summed E-state index contributed by atoms with van der Waals surface area (Å²) in [6.07, 6.45) is 6.54. The minimum absolute atomic E-state index is 0.0855. The molecule has 1 aliphatic carbocycles. The quantitative estimate of drug-likeness (QED) is 0.784. The van der Waals surface area contributed by atoms with Crippen molar-refractivity contribution in [2.24, 2.45) is 0 Å². The largest absolute Gasteiger partial charge is 0.280 e. The second-order valence-electron chi connectivity index (χ2n) is 5.03. The van der Waals surface area contributed by atoms with Gasteiger partial charge < -0.3 is 0 Å². The molecule has 114 valence electrons. The number of fused-ring (bicyclic) bond motifs is 1. The SMILES string of the molecule is CS(=O)(=O)c1sc(C(=O)Sc2ccccc2)c2c1C=CCC2. The molecule has 22 heavy (non-hydrogen) atoms. The van der Waals surface area contributed by atoms with Crippen LogP contribution >= 0.6 is 23.1 Å². The van der Waals surface area contributed by atoms with Gasteiger partial charge in [-0.15, -0.1) is 11.3 Å². The van der Waals surface area contributed by atoms with Crippen molar-refractivity contribution in [3.05, 3.63) is 52.4 Å². The summed E-state index contributed by atoms with van der Waals surface area (Å²) in [5, 5.41) is -0.0855. The van der Waals surface area contributed by atoms with Gasteiger partial charge in [-0.2, -0.15) is 0 Å². The Morgan fingerprint density at radius 2 is 1.95 bits per heavy atom. The molecule has 0 aliphatic heterocycles. The summed E-state index contributed by atoms with van der Waals surface area (Å²) in [6.45, 7) is 0. The molecule has 1 aliphatic rings. The Labute approximate surface area is 138 Å². The molecule has 0 atom stereocenters. The smallest absolute Gasteiger partial charge is 0.234 e. The van der Waals surface area contributed by atoms with Crippen LogP contribution in [0.2, 0.25) is 0 Å². The molecular weight excluding hydrogens is 336 g/mol. The van der Waals surface area contributed by atoms with E-state index in [-0.39, 0.29) is 5.12 Å². The van der Waals surface area contributed by atoms with Crippen molar-refractivity contribution in [1.29, 1.82) is 0 Å². The van der Waals surface area contributed by atoms with E-state index in [4.69, 9.17) is 0 Å². The Hall–Kier alpha value is -1.37. The number of sulfone groups is 1. The van der Waals surface area contributed by atoms with Crippen LogP contribution in [0.5, 0.6) is 0 Å². The van der Waals surface area contributed by atoms with Crippen LogP contribution in [0, 0.1) is 0 Å². The Kier molecular flexibility index (Phi) is 4.25. The zero-order valence-electron chi connectivity index (χ0n) is 11.9. The van der Waals surface area contributed by atoms with Crippen molar-refractivity contribution < 1.29 is 13.2 Å². The standard InChI is InChI=1S/C16H14O3S3/c1-22(18,19)16-13-10-6-5-9-12(13)14(21-16)15(17)20-11-7-3-2-4-8-11/h2-4,6-8,10H,5,9H2,1H3. The fourth-order valence-electron chi connectivity index (χ4n) is 2.38. The number of benzene rings is 1. The number of rotatable bonds is 3. The molecule has 0 unspecified atom stereocenters. The molecule has 0 saturated carbocycles. The van der Waals surface area contributed by atoms with Crippen LogP contribution < -0.4 is 0 Å². The normalized spacial score (nSPS) is 13.9. The van der Waals surface area contributed by atoms with E-state index in [0.29, 0.717) is 21.1 Å². The van der Waals surface area contributed by atoms with E-state index in [2.05, 4.69) is 0 Å². The third kappa shape index (κ3) is 3.04. The lowest BCUT2D eigenvalue weighted by Gasteiger charge is -2.08. The number of thioether (sulfide) groups is 1. The molecular formula is C16H14O3S3. The summed E-state index contributed by atoms with van der Waals surface area (Å²) in [5.41, 5.74) is 1.58. The summed E-state index contributed by atoms with van der Waals surface area (Å²) in [6, 6.07) is 9.41. The molecule has 3 rings (SSSR count). The van der Waals surface area contributed by atoms with E-state index >= 15 is 0 Å². The molecule has 1 aromatic carbocycles. The molecule has 0 N–H and O–H groups in total. The maximum Gasteiger partial charge on any atom is 0.234 e. The fourth-order valence-corrected chi connectivity index (χ4v) is 5.71. The van der Waals surface area contributed by atoms with E-state index in [1.165, 1.54) is 6.26 Å². The van der Waals surface area contributed by atoms with E-state index in [1.54, 1.807) is 0 Å². The highest BCUT2D eigenvalue weighted by Gasteiger charge is 2.27. The topological polar surface area (TPSA) is 51.2 Å². The van der Waals surface area contributed by atoms with Crippen LogP contribution in [-0.4, -0.2) is 19.8 Å². The second kappa shape index (κ2) is 6.02. The minimum atomic E-state index is -3.32. The van der Waals surface area contributed by atoms with Crippen LogP contribution in [0.25, 0.3) is 6.08 Å². The Morgan fingerprint density at radius 1 is 1.23 bits per heavy atom. The monoisotopic (exact) mass is 350 g/mol. The lowest BCUT2D eigenvalue weighted by molar-refractivity contribution is 0.109. The summed E-state index contributed by atoms with van der Waals surface area (Å²) < 4.78 is 24.2. The van der Waals surface area contributed by atoms with Crippen molar-refractivity contribution in [3.63, 3.8) is 0 Å². The third-order valence-electron chi connectivity index (χ3n) is 3.34. The van der Waals surface area contributed by atoms with Crippen molar-refractivity contribution in [2.75, 3.05) is 6.26 Å². The number of hydrogen-bond acceptors (Lipinski definition) is 5. The molecule has 0 fully saturated rings. The average Bonchev–Trinajstić information content (AvgIpc) is 2.88. The second-order valence-corrected chi connectivity index (χ2v) is 9.30. The van der Waals surface area contributed by atoms with E-state index in [0.717, 1.165) is 40.0 Å². The molecule has 6 heteroatoms. The lowest BCUT2D eigenvalue weighted by atomic mass is 10.0. The van der Waals surface area contributed by atoms with Crippen LogP contribution in [0.3, 0.4) is 0 Å². The van der Waals surface area contributed by atoms with Gasteiger partial charge in [0.1, 0.15) is 4.21 Å². The number of thiophene rings is 1. The first kappa shape index (κ1) is 15.5. The van der Waals surface area contributed by atoms with E-state index < -0.39 is 9.84 Å². The molecule has 1 heterocycles. The van der Waals surface area contributed by atoms with Gasteiger partial charge in [-0.25, -0.2) is 8.42 Å². The molecule has 0 radical (unpaired) electrons. The van der Waals surface area contributed by atoms with E-state index in [1.807, 2.05) is 42.5 Å². The van der Waals surface area contributed by atoms with Crippen LogP contribution in [0.15, 0.2) is 45.5 Å². The molecule has 0 spiro atoms. The van der Waals surface area contributed by atoms with Crippen molar-refractivity contribution in [1.82, 2.24) is 0 Å². The van der Waals surface area contributed by atoms with Gasteiger partial charge >= 0.3 is 0 Å². The highest BCUT2D eigenvalue weighted by Crippen LogP contribution is 2.39. The number of carbonyl (C=O) groups is 1. The van der Waals surface area contributed by atoms with Gasteiger partial charge in [0.2, 0.25) is 5.12 Å². The first-order chi connectivity index (χ1) is 10.5. The van der Waals surface area contributed by atoms with Gasteiger partial charge in [0.05, 0.1) is 4.88 Å². The van der Waals surface area contributed by atoms with Gasteiger partial charge in [-0.3, -0.25) is 4.79 Å². The summed E-state index contributed by atoms with van der Waals surface area (Å²) in [5.74, 6) is 0. The first-order valence-corrected chi connectivity index (χ1v) is 10.3. The van der Waals surface area contributed by atoms with Gasteiger partial charge in [-0.1, -0.05) is 30.4 Å². The molecule has 0 bridgehead atoms. The van der Waals surface area contributed by atoms with Crippen LogP contribution in [0.1, 0.15) is 27.2 Å². The highest BCUT2D eigenvalue weighted by molar-refractivity contribution is 8.14. The highest BCUT2D eigenvalue weighted by atomic mass is 32.2. The van der Waals surface area contributed by atoms with Gasteiger partial charge in [0, 0.05) is 16.7 Å². The van der Waals surface area contributed by atoms with Crippen LogP contribution in [0.4, 0.5) is 0 Å². The predicted octanol–water partition coefficient (Wildman–Crippen LogP) is 4.04. The van der Waals surface area contributed by atoms with Crippen molar-refractivity contribution >= 4 is 44.1 Å². The zero-order valence-corrected chi connectivity index (χ0v) is 14.4. The van der Waals surface area contributed by atoms with Gasteiger partial charge in [0.15, 0.2) is 9.84 Å². The first-order valence-electron chi connectivity index (χ1n) is 6.76. The van der Waals surface area contributed by atoms with E-state index in [9.17, 15) is 13.2 Å². The fraction of sp³-hybridized carbons (Fsp3) is 0.188. The molecule has 2 aromatic rings. The number of hydrogen-bond donors (Lipinski definition) is 0. The van der Waals surface area contributed by atoms with Gasteiger partial charge in [0.25, 0.3) is 0 Å². The Bertz CT molecular complexity index is 846. The number of carbonyl (C=O) groups excluding carboxylic acids is 1. The summed E-state index contributed by atoms with van der Waals surface area (Å²) >= 11 is 2.25. The summed E-state index contributed by atoms with van der Waals surface area (Å²) in [7, 11) is -3.32. The maximum atomic E-state index is 12.6. The molecule has 1 aromatic heterocycles. The Morgan fingerprint density at radius 3 is 2.64 bits per heavy atom. The molecule has 0 saturated heterocycles. The zero-order chi connectivity index (χ0) is 15.7. The number of allylic oxidation sites excluding steroid dienone is 1. The summed E-state index contributed by atoms with van der Waals surface area (Å²) in [4.78, 5) is 14.0. The maximum absolute atomic E-state index is 12.6. The predicted molar refractivity (Wildman–Crippen MR) is 91.4 cm³/mol. The average molecular weight is 350 g/mol. The molecule has 3 nitrogen and oxygen atoms in total. The Balaban J connectivity index is 2.03. The third-order valence-corrected chi connectivity index (χ3v) is 7.45. The van der Waals surface area contributed by atoms with Crippen molar-refractivity contribution in [2.45, 2.75) is 21.9 Å².